The predicted molar refractivity (Wildman–Crippen MR) is 97.7 cm³/mol. The molecule has 1 aliphatic rings. The Labute approximate surface area is 148 Å². The SMILES string of the molecule is COc1ccccc1N1CCN(C(=O)CNCc2ccncc2)CC1. The molecule has 0 radical (unpaired) electrons. The number of rotatable bonds is 6. The summed E-state index contributed by atoms with van der Waals surface area (Å²) >= 11 is 0. The maximum Gasteiger partial charge on any atom is 0.236 e. The van der Waals surface area contributed by atoms with Crippen LogP contribution in [0.25, 0.3) is 0 Å². The summed E-state index contributed by atoms with van der Waals surface area (Å²) in [4.78, 5) is 20.5. The molecule has 1 aromatic carbocycles. The Morgan fingerprint density at radius 3 is 2.56 bits per heavy atom. The van der Waals surface area contributed by atoms with Crippen LogP contribution in [0.5, 0.6) is 5.75 Å². The minimum atomic E-state index is 0.147. The summed E-state index contributed by atoms with van der Waals surface area (Å²) in [6.45, 7) is 4.13. The number of carbonyl (C=O) groups is 1. The van der Waals surface area contributed by atoms with Gasteiger partial charge in [0.15, 0.2) is 0 Å². The lowest BCUT2D eigenvalue weighted by Gasteiger charge is -2.36. The molecule has 0 bridgehead atoms. The average molecular weight is 340 g/mol. The highest BCUT2D eigenvalue weighted by Crippen LogP contribution is 2.28. The Kier molecular flexibility index (Phi) is 5.85. The minimum Gasteiger partial charge on any atom is -0.495 e. The van der Waals surface area contributed by atoms with Gasteiger partial charge in [-0.3, -0.25) is 9.78 Å². The summed E-state index contributed by atoms with van der Waals surface area (Å²) in [5.41, 5.74) is 2.22. The van der Waals surface area contributed by atoms with Gasteiger partial charge in [-0.15, -0.1) is 0 Å². The van der Waals surface area contributed by atoms with E-state index in [-0.39, 0.29) is 5.91 Å². The van der Waals surface area contributed by atoms with Gasteiger partial charge in [-0.2, -0.15) is 0 Å². The smallest absolute Gasteiger partial charge is 0.236 e. The molecule has 0 saturated carbocycles. The first-order chi connectivity index (χ1) is 12.3. The van der Waals surface area contributed by atoms with Gasteiger partial charge < -0.3 is 19.9 Å². The fraction of sp³-hybridized carbons (Fsp3) is 0.368. The number of anilines is 1. The van der Waals surface area contributed by atoms with Gasteiger partial charge in [0.25, 0.3) is 0 Å². The van der Waals surface area contributed by atoms with Gasteiger partial charge in [0.05, 0.1) is 19.3 Å². The molecule has 3 rings (SSSR count). The molecule has 6 nitrogen and oxygen atoms in total. The zero-order valence-corrected chi connectivity index (χ0v) is 14.5. The molecule has 1 saturated heterocycles. The number of aromatic nitrogens is 1. The third-order valence-electron chi connectivity index (χ3n) is 4.41. The number of methoxy groups -OCH3 is 1. The highest BCUT2D eigenvalue weighted by Gasteiger charge is 2.22. The Morgan fingerprint density at radius 1 is 1.12 bits per heavy atom. The van der Waals surface area contributed by atoms with E-state index in [2.05, 4.69) is 21.3 Å². The van der Waals surface area contributed by atoms with E-state index in [0.717, 1.165) is 43.2 Å². The van der Waals surface area contributed by atoms with Crippen LogP contribution in [-0.4, -0.2) is 55.6 Å². The monoisotopic (exact) mass is 340 g/mol. The summed E-state index contributed by atoms with van der Waals surface area (Å²) in [5, 5.41) is 3.21. The van der Waals surface area contributed by atoms with E-state index >= 15 is 0 Å². The quantitative estimate of drug-likeness (QED) is 0.864. The number of para-hydroxylation sites is 2. The zero-order valence-electron chi connectivity index (χ0n) is 14.5. The summed E-state index contributed by atoms with van der Waals surface area (Å²) in [5.74, 6) is 1.02. The van der Waals surface area contributed by atoms with Crippen LogP contribution in [0, 0.1) is 0 Å². The first-order valence-corrected chi connectivity index (χ1v) is 8.53. The van der Waals surface area contributed by atoms with Gasteiger partial charge in [-0.25, -0.2) is 0 Å². The highest BCUT2D eigenvalue weighted by molar-refractivity contribution is 5.78. The van der Waals surface area contributed by atoms with Crippen LogP contribution in [0.3, 0.4) is 0 Å². The lowest BCUT2D eigenvalue weighted by molar-refractivity contribution is -0.130. The molecule has 0 spiro atoms. The van der Waals surface area contributed by atoms with Crippen molar-refractivity contribution in [3.8, 4) is 5.75 Å². The maximum absolute atomic E-state index is 12.4. The normalized spacial score (nSPS) is 14.4. The lowest BCUT2D eigenvalue weighted by atomic mass is 10.2. The van der Waals surface area contributed by atoms with Crippen LogP contribution >= 0.6 is 0 Å². The first-order valence-electron chi connectivity index (χ1n) is 8.53. The van der Waals surface area contributed by atoms with Crippen LogP contribution < -0.4 is 15.0 Å². The lowest BCUT2D eigenvalue weighted by Crippen LogP contribution is -2.50. The van der Waals surface area contributed by atoms with Crippen molar-refractivity contribution in [3.05, 3.63) is 54.4 Å². The topological polar surface area (TPSA) is 57.7 Å². The molecule has 1 N–H and O–H groups in total. The van der Waals surface area contributed by atoms with E-state index in [9.17, 15) is 4.79 Å². The number of hydrogen-bond acceptors (Lipinski definition) is 5. The number of amides is 1. The second kappa shape index (κ2) is 8.48. The molecule has 132 valence electrons. The van der Waals surface area contributed by atoms with E-state index in [4.69, 9.17) is 4.74 Å². The minimum absolute atomic E-state index is 0.147. The Balaban J connectivity index is 1.46. The Hall–Kier alpha value is -2.60. The molecule has 0 unspecified atom stereocenters. The number of carbonyl (C=O) groups excluding carboxylic acids is 1. The van der Waals surface area contributed by atoms with Gasteiger partial charge in [0, 0.05) is 45.1 Å². The van der Waals surface area contributed by atoms with Crippen LogP contribution in [0.15, 0.2) is 48.8 Å². The van der Waals surface area contributed by atoms with Crippen molar-refractivity contribution in [2.75, 3.05) is 44.7 Å². The third-order valence-corrected chi connectivity index (χ3v) is 4.41. The molecule has 0 aliphatic carbocycles. The Bertz CT molecular complexity index is 685. The summed E-state index contributed by atoms with van der Waals surface area (Å²) in [6, 6.07) is 11.9. The second-order valence-corrected chi connectivity index (χ2v) is 6.00. The molecule has 6 heteroatoms. The van der Waals surface area contributed by atoms with E-state index < -0.39 is 0 Å². The van der Waals surface area contributed by atoms with Crippen molar-refractivity contribution in [1.82, 2.24) is 15.2 Å². The molecule has 1 fully saturated rings. The van der Waals surface area contributed by atoms with Crippen molar-refractivity contribution in [2.45, 2.75) is 6.54 Å². The maximum atomic E-state index is 12.4. The molecule has 25 heavy (non-hydrogen) atoms. The number of nitrogens with zero attached hydrogens (tertiary/aromatic N) is 3. The fourth-order valence-electron chi connectivity index (χ4n) is 3.01. The number of hydrogen-bond donors (Lipinski definition) is 1. The van der Waals surface area contributed by atoms with Gasteiger partial charge in [-0.05, 0) is 29.8 Å². The molecule has 0 atom stereocenters. The first kappa shape index (κ1) is 17.2. The molecule has 2 heterocycles. The summed E-state index contributed by atoms with van der Waals surface area (Å²) in [6.07, 6.45) is 3.52. The van der Waals surface area contributed by atoms with Crippen LogP contribution in [0.1, 0.15) is 5.56 Å². The number of pyridine rings is 1. The van der Waals surface area contributed by atoms with Crippen molar-refractivity contribution in [1.29, 1.82) is 0 Å². The standard InChI is InChI=1S/C19H24N4O2/c1-25-18-5-3-2-4-17(18)22-10-12-23(13-11-22)19(24)15-21-14-16-6-8-20-9-7-16/h2-9,21H,10-15H2,1H3. The highest BCUT2D eigenvalue weighted by atomic mass is 16.5. The van der Waals surface area contributed by atoms with E-state index in [1.165, 1.54) is 0 Å². The number of piperazine rings is 1. The number of nitrogens with one attached hydrogen (secondary N) is 1. The van der Waals surface area contributed by atoms with Gasteiger partial charge in [0.1, 0.15) is 5.75 Å². The second-order valence-electron chi connectivity index (χ2n) is 6.00. The number of ether oxygens (including phenoxy) is 1. The Morgan fingerprint density at radius 2 is 1.84 bits per heavy atom. The van der Waals surface area contributed by atoms with Crippen LogP contribution in [0.4, 0.5) is 5.69 Å². The van der Waals surface area contributed by atoms with Crippen molar-refractivity contribution < 1.29 is 9.53 Å². The van der Waals surface area contributed by atoms with Crippen molar-refractivity contribution in [3.63, 3.8) is 0 Å². The summed E-state index contributed by atoms with van der Waals surface area (Å²) < 4.78 is 5.43. The average Bonchev–Trinajstić information content (AvgIpc) is 2.69. The van der Waals surface area contributed by atoms with E-state index in [1.54, 1.807) is 19.5 Å². The zero-order chi connectivity index (χ0) is 17.5. The molecule has 1 amide bonds. The fourth-order valence-corrected chi connectivity index (χ4v) is 3.01. The van der Waals surface area contributed by atoms with Crippen LogP contribution in [-0.2, 0) is 11.3 Å². The molecule has 1 aliphatic heterocycles. The largest absolute Gasteiger partial charge is 0.495 e. The molecule has 1 aromatic heterocycles. The molecule has 2 aromatic rings. The third kappa shape index (κ3) is 4.48. The molecular weight excluding hydrogens is 316 g/mol. The van der Waals surface area contributed by atoms with Crippen LogP contribution in [0.2, 0.25) is 0 Å². The summed E-state index contributed by atoms with van der Waals surface area (Å²) in [7, 11) is 1.69. The van der Waals surface area contributed by atoms with Gasteiger partial charge in [0.2, 0.25) is 5.91 Å². The molecular formula is C19H24N4O2. The van der Waals surface area contributed by atoms with Crippen molar-refractivity contribution in [2.24, 2.45) is 0 Å². The van der Waals surface area contributed by atoms with E-state index in [0.29, 0.717) is 13.1 Å². The van der Waals surface area contributed by atoms with E-state index in [1.807, 2.05) is 35.2 Å². The predicted octanol–water partition coefficient (Wildman–Crippen LogP) is 1.53. The van der Waals surface area contributed by atoms with Crippen molar-refractivity contribution >= 4 is 11.6 Å². The van der Waals surface area contributed by atoms with Gasteiger partial charge >= 0.3 is 0 Å². The number of benzene rings is 1. The van der Waals surface area contributed by atoms with Gasteiger partial charge in [-0.1, -0.05) is 12.1 Å².